The quantitative estimate of drug-likeness (QED) is 0.524. The second-order valence-corrected chi connectivity index (χ2v) is 4.16. The number of hydrogen-bond donors (Lipinski definition) is 0. The third-order valence-corrected chi connectivity index (χ3v) is 2.76. The van der Waals surface area contributed by atoms with Crippen LogP contribution in [-0.2, 0) is 16.1 Å². The lowest BCUT2D eigenvalue weighted by molar-refractivity contribution is -0.143. The lowest BCUT2D eigenvalue weighted by atomic mass is 10.1. The van der Waals surface area contributed by atoms with Gasteiger partial charge in [0.15, 0.2) is 6.61 Å². The lowest BCUT2D eigenvalue weighted by Crippen LogP contribution is -2.19. The van der Waals surface area contributed by atoms with Gasteiger partial charge in [0, 0.05) is 6.07 Å². The highest BCUT2D eigenvalue weighted by Crippen LogP contribution is 2.24. The average molecular weight is 306 g/mol. The number of Topliss-reactive ketones (excluding diaryl/α,β-unsaturated/α-hetero) is 1. The van der Waals surface area contributed by atoms with Crippen LogP contribution in [0.1, 0.15) is 10.4 Å². The summed E-state index contributed by atoms with van der Waals surface area (Å²) in [6.45, 7) is -0.566. The van der Waals surface area contributed by atoms with Crippen molar-refractivity contribution in [1.82, 2.24) is 20.2 Å². The number of carbonyl (C=O) groups excluding carboxylic acids is 2. The topological polar surface area (TPSA) is 105 Å². The summed E-state index contributed by atoms with van der Waals surface area (Å²) in [5.41, 5.74) is 0.304. The van der Waals surface area contributed by atoms with Gasteiger partial charge in [-0.05, 0) is 22.6 Å². The number of hydrogen-bond acceptors (Lipinski definition) is 8. The van der Waals surface area contributed by atoms with Crippen molar-refractivity contribution in [1.29, 1.82) is 0 Å². The van der Waals surface area contributed by atoms with Crippen molar-refractivity contribution in [3.8, 4) is 11.5 Å². The fourth-order valence-electron chi connectivity index (χ4n) is 1.68. The zero-order chi connectivity index (χ0) is 15.9. The Labute approximate surface area is 125 Å². The van der Waals surface area contributed by atoms with Crippen LogP contribution in [0.15, 0.2) is 24.5 Å². The largest absolute Gasteiger partial charge is 0.497 e. The van der Waals surface area contributed by atoms with Gasteiger partial charge < -0.3 is 14.2 Å². The number of tetrazole rings is 1. The van der Waals surface area contributed by atoms with Crippen LogP contribution in [0.5, 0.6) is 11.5 Å². The molecular weight excluding hydrogens is 292 g/mol. The minimum Gasteiger partial charge on any atom is -0.497 e. The van der Waals surface area contributed by atoms with Crippen LogP contribution in [0.2, 0.25) is 0 Å². The molecule has 0 radical (unpaired) electrons. The van der Waals surface area contributed by atoms with Crippen molar-refractivity contribution in [2.45, 2.75) is 6.54 Å². The molecule has 0 aliphatic heterocycles. The molecule has 0 atom stereocenters. The van der Waals surface area contributed by atoms with Gasteiger partial charge in [0.25, 0.3) is 0 Å². The second kappa shape index (κ2) is 7.16. The van der Waals surface area contributed by atoms with Gasteiger partial charge in [-0.1, -0.05) is 0 Å². The number of ether oxygens (including phenoxy) is 3. The molecule has 9 heteroatoms. The molecule has 0 N–H and O–H groups in total. The van der Waals surface area contributed by atoms with Crippen LogP contribution in [0.3, 0.4) is 0 Å². The molecule has 0 unspecified atom stereocenters. The number of carbonyl (C=O) groups is 2. The van der Waals surface area contributed by atoms with E-state index in [2.05, 4.69) is 15.5 Å². The molecule has 2 aromatic rings. The Morgan fingerprint density at radius 3 is 2.68 bits per heavy atom. The first-order valence-electron chi connectivity index (χ1n) is 6.25. The Hall–Kier alpha value is -2.97. The van der Waals surface area contributed by atoms with Crippen LogP contribution in [0.4, 0.5) is 0 Å². The summed E-state index contributed by atoms with van der Waals surface area (Å²) in [4.78, 5) is 23.6. The van der Waals surface area contributed by atoms with Gasteiger partial charge in [0.2, 0.25) is 5.78 Å². The highest BCUT2D eigenvalue weighted by atomic mass is 16.5. The van der Waals surface area contributed by atoms with Crippen LogP contribution in [-0.4, -0.2) is 52.8 Å². The molecule has 2 rings (SSSR count). The van der Waals surface area contributed by atoms with E-state index >= 15 is 0 Å². The lowest BCUT2D eigenvalue weighted by Gasteiger charge is -2.10. The first-order valence-corrected chi connectivity index (χ1v) is 6.25. The van der Waals surface area contributed by atoms with Gasteiger partial charge in [0.05, 0.1) is 19.8 Å². The molecule has 1 heterocycles. The Kier molecular flexibility index (Phi) is 5.02. The summed E-state index contributed by atoms with van der Waals surface area (Å²) in [5.74, 6) is -0.0948. The molecule has 0 aliphatic carbocycles. The fourth-order valence-corrected chi connectivity index (χ4v) is 1.68. The molecule has 0 fully saturated rings. The SMILES string of the molecule is COc1ccc(C(=O)COC(=O)Cn2cnnn2)c(OC)c1. The number of methoxy groups -OCH3 is 2. The maximum Gasteiger partial charge on any atom is 0.328 e. The smallest absolute Gasteiger partial charge is 0.328 e. The number of esters is 1. The van der Waals surface area contributed by atoms with Crippen LogP contribution in [0.25, 0.3) is 0 Å². The predicted molar refractivity (Wildman–Crippen MR) is 72.7 cm³/mol. The monoisotopic (exact) mass is 306 g/mol. The fraction of sp³-hybridized carbons (Fsp3) is 0.308. The number of rotatable bonds is 7. The van der Waals surface area contributed by atoms with Gasteiger partial charge in [-0.2, -0.15) is 0 Å². The van der Waals surface area contributed by atoms with E-state index in [0.29, 0.717) is 17.1 Å². The highest BCUT2D eigenvalue weighted by Gasteiger charge is 2.16. The Morgan fingerprint density at radius 2 is 2.05 bits per heavy atom. The summed E-state index contributed by atoms with van der Waals surface area (Å²) >= 11 is 0. The summed E-state index contributed by atoms with van der Waals surface area (Å²) in [5, 5.41) is 10.3. The third-order valence-electron chi connectivity index (χ3n) is 2.76. The Balaban J connectivity index is 1.96. The highest BCUT2D eigenvalue weighted by molar-refractivity contribution is 6.00. The summed E-state index contributed by atoms with van der Waals surface area (Å²) in [7, 11) is 2.95. The van der Waals surface area contributed by atoms with Crippen molar-refractivity contribution >= 4 is 11.8 Å². The number of nitrogens with zero attached hydrogens (tertiary/aromatic N) is 4. The van der Waals surface area contributed by atoms with Crippen LogP contribution in [0, 0.1) is 0 Å². The van der Waals surface area contributed by atoms with E-state index in [1.54, 1.807) is 18.2 Å². The standard InChI is InChI=1S/C13H14N4O5/c1-20-9-3-4-10(12(5-9)21-2)11(18)7-22-13(19)6-17-8-14-15-16-17/h3-5,8H,6-7H2,1-2H3. The van der Waals surface area contributed by atoms with E-state index in [1.807, 2.05) is 0 Å². The molecule has 1 aromatic carbocycles. The minimum atomic E-state index is -0.617. The minimum absolute atomic E-state index is 0.167. The van der Waals surface area contributed by atoms with E-state index in [-0.39, 0.29) is 12.3 Å². The van der Waals surface area contributed by atoms with E-state index in [4.69, 9.17) is 14.2 Å². The van der Waals surface area contributed by atoms with E-state index < -0.39 is 12.6 Å². The molecular formula is C13H14N4O5. The molecule has 0 saturated carbocycles. The summed E-state index contributed by atoms with van der Waals surface area (Å²) in [6.07, 6.45) is 1.27. The van der Waals surface area contributed by atoms with Crippen molar-refractivity contribution in [2.75, 3.05) is 20.8 Å². The normalized spacial score (nSPS) is 10.1. The molecule has 0 bridgehead atoms. The van der Waals surface area contributed by atoms with E-state index in [1.165, 1.54) is 25.2 Å². The van der Waals surface area contributed by atoms with E-state index in [0.717, 1.165) is 0 Å². The number of benzene rings is 1. The molecule has 0 spiro atoms. The average Bonchev–Trinajstić information content (AvgIpc) is 3.04. The number of aromatic nitrogens is 4. The van der Waals surface area contributed by atoms with Gasteiger partial charge in [0.1, 0.15) is 24.4 Å². The van der Waals surface area contributed by atoms with E-state index in [9.17, 15) is 9.59 Å². The molecule has 116 valence electrons. The zero-order valence-electron chi connectivity index (χ0n) is 12.1. The Bertz CT molecular complexity index is 656. The summed E-state index contributed by atoms with van der Waals surface area (Å²) < 4.78 is 16.3. The molecule has 0 aliphatic rings. The van der Waals surface area contributed by atoms with Gasteiger partial charge >= 0.3 is 5.97 Å². The van der Waals surface area contributed by atoms with Crippen LogP contribution >= 0.6 is 0 Å². The third kappa shape index (κ3) is 3.78. The van der Waals surface area contributed by atoms with Crippen molar-refractivity contribution in [2.24, 2.45) is 0 Å². The molecule has 0 saturated heterocycles. The summed E-state index contributed by atoms with van der Waals surface area (Å²) in [6, 6.07) is 4.75. The first kappa shape index (κ1) is 15.4. The maximum atomic E-state index is 12.1. The maximum absolute atomic E-state index is 12.1. The van der Waals surface area contributed by atoms with Crippen molar-refractivity contribution in [3.05, 3.63) is 30.1 Å². The second-order valence-electron chi connectivity index (χ2n) is 4.16. The van der Waals surface area contributed by atoms with Crippen molar-refractivity contribution < 1.29 is 23.8 Å². The predicted octanol–water partition coefficient (Wildman–Crippen LogP) is 0.116. The Morgan fingerprint density at radius 1 is 1.23 bits per heavy atom. The van der Waals surface area contributed by atoms with Gasteiger partial charge in [-0.3, -0.25) is 9.59 Å². The molecule has 0 amide bonds. The zero-order valence-corrected chi connectivity index (χ0v) is 12.1. The first-order chi connectivity index (χ1) is 10.6. The van der Waals surface area contributed by atoms with Crippen LogP contribution < -0.4 is 9.47 Å². The van der Waals surface area contributed by atoms with Crippen molar-refractivity contribution in [3.63, 3.8) is 0 Å². The van der Waals surface area contributed by atoms with Gasteiger partial charge in [-0.25, -0.2) is 4.68 Å². The molecule has 9 nitrogen and oxygen atoms in total. The number of ketones is 1. The van der Waals surface area contributed by atoms with Gasteiger partial charge in [-0.15, -0.1) is 5.10 Å². The molecule has 1 aromatic heterocycles. The molecule has 22 heavy (non-hydrogen) atoms.